The number of aryl methyl sites for hydroxylation is 2. The predicted octanol–water partition coefficient (Wildman–Crippen LogP) is 3.24. The van der Waals surface area contributed by atoms with Crippen LogP contribution in [-0.4, -0.2) is 22.4 Å². The molecule has 0 unspecified atom stereocenters. The Kier molecular flexibility index (Phi) is 4.81. The van der Waals surface area contributed by atoms with E-state index in [-0.39, 0.29) is 5.03 Å². The molecule has 1 aromatic heterocycles. The molecule has 140 valence electrons. The van der Waals surface area contributed by atoms with Gasteiger partial charge in [-0.1, -0.05) is 18.2 Å². The monoisotopic (exact) mass is 382 g/mol. The summed E-state index contributed by atoms with van der Waals surface area (Å²) in [6.07, 6.45) is 9.58. The quantitative estimate of drug-likeness (QED) is 0.795. The summed E-state index contributed by atoms with van der Waals surface area (Å²) in [6, 6.07) is 5.11. The van der Waals surface area contributed by atoms with Crippen molar-refractivity contribution in [1.29, 1.82) is 0 Å². The molecular weight excluding hydrogens is 362 g/mol. The molecule has 0 spiro atoms. The molecule has 0 radical (unpaired) electrons. The number of fused-ring (bicyclic) bond motifs is 1. The first kappa shape index (κ1) is 17.5. The average molecular weight is 382 g/mol. The maximum absolute atomic E-state index is 12.4. The largest absolute Gasteiger partial charge is 0.438 e. The van der Waals surface area contributed by atoms with Crippen LogP contribution in [0.3, 0.4) is 0 Å². The molecule has 1 aromatic carbocycles. The molecule has 2 amide bonds. The molecule has 0 saturated heterocycles. The van der Waals surface area contributed by atoms with Gasteiger partial charge in [0.05, 0.1) is 5.69 Å². The van der Waals surface area contributed by atoms with Crippen LogP contribution in [0.25, 0.3) is 5.57 Å². The van der Waals surface area contributed by atoms with Gasteiger partial charge in [0.2, 0.25) is 0 Å². The smallest absolute Gasteiger partial charge is 0.322 e. The predicted molar refractivity (Wildman–Crippen MR) is 105 cm³/mol. The number of nitrogens with zero attached hydrogens (tertiary/aromatic N) is 3. The van der Waals surface area contributed by atoms with Gasteiger partial charge in [-0.2, -0.15) is 5.10 Å². The van der Waals surface area contributed by atoms with Gasteiger partial charge in [-0.15, -0.1) is 10.6 Å². The molecule has 2 heterocycles. The second-order valence-electron chi connectivity index (χ2n) is 6.31. The Hall–Kier alpha value is -2.87. The lowest BCUT2D eigenvalue weighted by Crippen LogP contribution is -2.18. The summed E-state index contributed by atoms with van der Waals surface area (Å²) in [5.41, 5.74) is 5.12. The van der Waals surface area contributed by atoms with Crippen molar-refractivity contribution in [2.45, 2.75) is 31.3 Å². The zero-order valence-corrected chi connectivity index (χ0v) is 15.8. The second kappa shape index (κ2) is 7.40. The molecule has 2 aromatic rings. The Morgan fingerprint density at radius 3 is 2.93 bits per heavy atom. The summed E-state index contributed by atoms with van der Waals surface area (Å²) in [5.74, 6) is 0. The number of carbonyl (C=O) groups is 1. The highest BCUT2D eigenvalue weighted by Crippen LogP contribution is 2.37. The van der Waals surface area contributed by atoms with Crippen molar-refractivity contribution in [3.63, 3.8) is 0 Å². The second-order valence-corrected chi connectivity index (χ2v) is 7.41. The van der Waals surface area contributed by atoms with Gasteiger partial charge in [-0.05, 0) is 54.8 Å². The molecule has 2 aliphatic rings. The van der Waals surface area contributed by atoms with Crippen LogP contribution in [-0.2, 0) is 34.2 Å². The number of hydrogen-bond acceptors (Lipinski definition) is 5. The molecule has 7 nitrogen and oxygen atoms in total. The van der Waals surface area contributed by atoms with E-state index in [1.165, 1.54) is 5.56 Å². The molecule has 1 aliphatic carbocycles. The number of hydrogen-bond donors (Lipinski definition) is 2. The lowest BCUT2D eigenvalue weighted by Gasteiger charge is -2.26. The number of anilines is 1. The third-order valence-electron chi connectivity index (χ3n) is 4.70. The Balaban J connectivity index is 1.62. The first-order valence-corrected chi connectivity index (χ1v) is 9.99. The van der Waals surface area contributed by atoms with Crippen LogP contribution in [0.1, 0.15) is 23.6 Å². The highest BCUT2D eigenvalue weighted by Gasteiger charge is 2.22. The van der Waals surface area contributed by atoms with Crippen molar-refractivity contribution in [1.82, 2.24) is 15.1 Å². The molecular formula is C19H20N5O2S-. The average Bonchev–Trinajstić information content (AvgIpc) is 3.13. The summed E-state index contributed by atoms with van der Waals surface area (Å²) in [4.78, 5) is 12.4. The van der Waals surface area contributed by atoms with Crippen LogP contribution < -0.4 is 10.6 Å². The van der Waals surface area contributed by atoms with Gasteiger partial charge in [0.15, 0.2) is 0 Å². The summed E-state index contributed by atoms with van der Waals surface area (Å²) >= 11 is 0. The summed E-state index contributed by atoms with van der Waals surface area (Å²) in [5, 5.41) is 10.4. The standard InChI is InChI=1S/C19H20N5O2S/c1-2-24-12-9-17(22-24)27(26)23-19(25)21-18-15-5-3-13(15)4-6-16(18)14-7-10-20-11-8-14/h4,6-10,12,20H,2-3,5,11H2,1H3,(H,21,25)/q-1. The van der Waals surface area contributed by atoms with Crippen molar-refractivity contribution in [3.8, 4) is 0 Å². The van der Waals surface area contributed by atoms with Crippen LogP contribution in [0.15, 0.2) is 52.1 Å². The topological polar surface area (TPSA) is 88.4 Å². The lowest BCUT2D eigenvalue weighted by atomic mass is 9.83. The van der Waals surface area contributed by atoms with E-state index >= 15 is 0 Å². The van der Waals surface area contributed by atoms with Gasteiger partial charge < -0.3 is 19.2 Å². The molecule has 0 atom stereocenters. The van der Waals surface area contributed by atoms with E-state index < -0.39 is 16.6 Å². The zero-order chi connectivity index (χ0) is 18.8. The molecule has 4 rings (SSSR count). The number of rotatable bonds is 4. The number of aromatic nitrogens is 2. The van der Waals surface area contributed by atoms with Crippen LogP contribution in [0.4, 0.5) is 10.5 Å². The van der Waals surface area contributed by atoms with Crippen LogP contribution in [0, 0.1) is 0 Å². The van der Waals surface area contributed by atoms with Gasteiger partial charge in [0.25, 0.3) is 0 Å². The maximum Gasteiger partial charge on any atom is 0.322 e. The summed E-state index contributed by atoms with van der Waals surface area (Å²) in [6.45, 7) is 3.34. The SMILES string of the molecule is CCn1ccc([S-](=O)=NC(=O)Nc2c(C3=CCNC=C3)ccc3c2CC3)n1. The number of allylic oxidation sites excluding steroid dienone is 2. The minimum atomic E-state index is -1.83. The highest BCUT2D eigenvalue weighted by molar-refractivity contribution is 7.75. The van der Waals surface area contributed by atoms with Gasteiger partial charge in [-0.25, -0.2) is 4.79 Å². The third kappa shape index (κ3) is 3.52. The van der Waals surface area contributed by atoms with Gasteiger partial charge >= 0.3 is 6.03 Å². The molecule has 0 fully saturated rings. The normalized spacial score (nSPS) is 16.1. The van der Waals surface area contributed by atoms with Crippen molar-refractivity contribution in [2.75, 3.05) is 11.9 Å². The van der Waals surface area contributed by atoms with Crippen molar-refractivity contribution in [2.24, 2.45) is 4.36 Å². The molecule has 0 bridgehead atoms. The van der Waals surface area contributed by atoms with E-state index in [1.54, 1.807) is 16.9 Å². The lowest BCUT2D eigenvalue weighted by molar-refractivity contribution is 0.260. The number of benzene rings is 1. The summed E-state index contributed by atoms with van der Waals surface area (Å²) in [7, 11) is -1.83. The number of carbonyl (C=O) groups excluding carboxylic acids is 1. The van der Waals surface area contributed by atoms with E-state index in [4.69, 9.17) is 0 Å². The minimum Gasteiger partial charge on any atom is -0.438 e. The fraction of sp³-hybridized carbons (Fsp3) is 0.263. The molecule has 8 heteroatoms. The highest BCUT2D eigenvalue weighted by atomic mass is 32.2. The minimum absolute atomic E-state index is 0.275. The van der Waals surface area contributed by atoms with Crippen molar-refractivity contribution < 1.29 is 9.00 Å². The molecule has 27 heavy (non-hydrogen) atoms. The van der Waals surface area contributed by atoms with Crippen molar-refractivity contribution >= 4 is 27.9 Å². The zero-order valence-electron chi connectivity index (χ0n) is 14.9. The molecule has 1 aliphatic heterocycles. The number of dihydropyridines is 1. The molecule has 0 saturated carbocycles. The van der Waals surface area contributed by atoms with E-state index in [0.29, 0.717) is 6.54 Å². The molecule has 2 N–H and O–H groups in total. The van der Waals surface area contributed by atoms with Gasteiger partial charge in [-0.3, -0.25) is 4.68 Å². The van der Waals surface area contributed by atoms with Crippen LogP contribution in [0.5, 0.6) is 0 Å². The van der Waals surface area contributed by atoms with Gasteiger partial charge in [0, 0.05) is 29.9 Å². The van der Waals surface area contributed by atoms with Crippen molar-refractivity contribution in [3.05, 3.63) is 59.4 Å². The maximum atomic E-state index is 12.4. The Labute approximate surface area is 159 Å². The Bertz CT molecular complexity index is 1040. The first-order valence-electron chi connectivity index (χ1n) is 8.89. The van der Waals surface area contributed by atoms with E-state index in [9.17, 15) is 9.00 Å². The first-order chi connectivity index (χ1) is 13.2. The van der Waals surface area contributed by atoms with Gasteiger partial charge in [0.1, 0.15) is 0 Å². The number of amides is 2. The number of nitrogens with one attached hydrogen (secondary N) is 2. The fourth-order valence-corrected chi connectivity index (χ4v) is 3.84. The van der Waals surface area contributed by atoms with E-state index in [1.807, 2.05) is 25.3 Å². The fourth-order valence-electron chi connectivity index (χ4n) is 3.19. The Morgan fingerprint density at radius 1 is 1.37 bits per heavy atom. The number of urea groups is 1. The van der Waals surface area contributed by atoms with E-state index in [0.717, 1.165) is 41.8 Å². The third-order valence-corrected chi connectivity index (χ3v) is 5.61. The van der Waals surface area contributed by atoms with E-state index in [2.05, 4.69) is 32.2 Å². The van der Waals surface area contributed by atoms with Crippen LogP contribution in [0.2, 0.25) is 0 Å². The Morgan fingerprint density at radius 2 is 2.26 bits per heavy atom. The summed E-state index contributed by atoms with van der Waals surface area (Å²) < 4.78 is 17.7. The van der Waals surface area contributed by atoms with Crippen LogP contribution >= 0.6 is 0 Å².